The van der Waals surface area contributed by atoms with Crippen molar-refractivity contribution in [2.75, 3.05) is 26.2 Å². The molecule has 102 valence electrons. The van der Waals surface area contributed by atoms with E-state index in [0.717, 1.165) is 30.9 Å². The van der Waals surface area contributed by atoms with E-state index in [9.17, 15) is 0 Å². The van der Waals surface area contributed by atoms with Gasteiger partial charge in [-0.3, -0.25) is 0 Å². The minimum atomic E-state index is -0.0535. The smallest absolute Gasteiger partial charge is 0.120 e. The highest BCUT2D eigenvalue weighted by Crippen LogP contribution is 2.26. The van der Waals surface area contributed by atoms with Crippen molar-refractivity contribution in [3.63, 3.8) is 0 Å². The van der Waals surface area contributed by atoms with Crippen molar-refractivity contribution in [1.29, 1.82) is 0 Å². The van der Waals surface area contributed by atoms with E-state index >= 15 is 0 Å². The summed E-state index contributed by atoms with van der Waals surface area (Å²) in [6.45, 7) is 9.92. The minimum absolute atomic E-state index is 0.0535. The van der Waals surface area contributed by atoms with Crippen LogP contribution >= 0.6 is 11.6 Å². The summed E-state index contributed by atoms with van der Waals surface area (Å²) in [5, 5.41) is 0.672. The van der Waals surface area contributed by atoms with Gasteiger partial charge in [-0.1, -0.05) is 31.5 Å². The van der Waals surface area contributed by atoms with Crippen LogP contribution in [0.3, 0.4) is 0 Å². The second-order valence-electron chi connectivity index (χ2n) is 4.35. The van der Waals surface area contributed by atoms with E-state index in [1.807, 2.05) is 25.1 Å². The third-order valence-corrected chi connectivity index (χ3v) is 3.36. The van der Waals surface area contributed by atoms with Gasteiger partial charge < -0.3 is 15.4 Å². The Morgan fingerprint density at radius 2 is 2.00 bits per heavy atom. The molecule has 1 aromatic carbocycles. The summed E-state index contributed by atoms with van der Waals surface area (Å²) in [5.41, 5.74) is 6.76. The molecule has 0 bridgehead atoms. The summed E-state index contributed by atoms with van der Waals surface area (Å²) in [5.74, 6) is 0.802. The third-order valence-electron chi connectivity index (χ3n) is 3.03. The Kier molecular flexibility index (Phi) is 6.47. The molecule has 0 fully saturated rings. The summed E-state index contributed by atoms with van der Waals surface area (Å²) in [7, 11) is 0. The van der Waals surface area contributed by atoms with Crippen molar-refractivity contribution in [2.45, 2.75) is 26.8 Å². The molecule has 0 radical (unpaired) electrons. The van der Waals surface area contributed by atoms with Crippen molar-refractivity contribution >= 4 is 11.6 Å². The maximum Gasteiger partial charge on any atom is 0.120 e. The van der Waals surface area contributed by atoms with Crippen LogP contribution in [0.15, 0.2) is 18.2 Å². The molecule has 1 unspecified atom stereocenters. The molecule has 4 heteroatoms. The molecule has 3 nitrogen and oxygen atoms in total. The van der Waals surface area contributed by atoms with Crippen LogP contribution in [0.2, 0.25) is 5.02 Å². The average molecular weight is 271 g/mol. The first kappa shape index (κ1) is 15.3. The van der Waals surface area contributed by atoms with E-state index in [-0.39, 0.29) is 6.04 Å². The quantitative estimate of drug-likeness (QED) is 0.828. The fraction of sp³-hybridized carbons (Fsp3) is 0.571. The second kappa shape index (κ2) is 7.62. The molecule has 1 atom stereocenters. The lowest BCUT2D eigenvalue weighted by Gasteiger charge is -2.18. The summed E-state index contributed by atoms with van der Waals surface area (Å²) in [4.78, 5) is 2.32. The molecule has 1 aromatic rings. The van der Waals surface area contributed by atoms with Gasteiger partial charge in [0.05, 0.1) is 0 Å². The maximum atomic E-state index is 6.15. The van der Waals surface area contributed by atoms with Crippen LogP contribution in [0.25, 0.3) is 0 Å². The molecule has 0 saturated carbocycles. The standard InChI is InChI=1S/C14H23ClN2O/c1-4-17(5-2)8-9-18-12-6-7-13(11(3)16)14(15)10-12/h6-7,10-11H,4-5,8-9,16H2,1-3H3. The fourth-order valence-electron chi connectivity index (χ4n) is 1.80. The minimum Gasteiger partial charge on any atom is -0.492 e. The number of rotatable bonds is 7. The highest BCUT2D eigenvalue weighted by Gasteiger charge is 2.07. The summed E-state index contributed by atoms with van der Waals surface area (Å²) < 4.78 is 5.69. The van der Waals surface area contributed by atoms with Gasteiger partial charge in [0.2, 0.25) is 0 Å². The number of likely N-dealkylation sites (N-methyl/N-ethyl adjacent to an activating group) is 1. The number of nitrogens with zero attached hydrogens (tertiary/aromatic N) is 1. The monoisotopic (exact) mass is 270 g/mol. The summed E-state index contributed by atoms with van der Waals surface area (Å²) in [6.07, 6.45) is 0. The van der Waals surface area contributed by atoms with Gasteiger partial charge in [-0.25, -0.2) is 0 Å². The molecular weight excluding hydrogens is 248 g/mol. The summed E-state index contributed by atoms with van der Waals surface area (Å²) in [6, 6.07) is 5.64. The van der Waals surface area contributed by atoms with Gasteiger partial charge in [-0.2, -0.15) is 0 Å². The van der Waals surface area contributed by atoms with E-state index in [1.54, 1.807) is 0 Å². The van der Waals surface area contributed by atoms with Crippen LogP contribution in [-0.4, -0.2) is 31.1 Å². The van der Waals surface area contributed by atoms with Gasteiger partial charge in [-0.15, -0.1) is 0 Å². The predicted molar refractivity (Wildman–Crippen MR) is 77.3 cm³/mol. The van der Waals surface area contributed by atoms with Gasteiger partial charge in [0.15, 0.2) is 0 Å². The predicted octanol–water partition coefficient (Wildman–Crippen LogP) is 3.08. The van der Waals surface area contributed by atoms with Gasteiger partial charge in [0.25, 0.3) is 0 Å². The number of hydrogen-bond donors (Lipinski definition) is 1. The zero-order chi connectivity index (χ0) is 13.5. The lowest BCUT2D eigenvalue weighted by molar-refractivity contribution is 0.223. The Morgan fingerprint density at radius 1 is 1.33 bits per heavy atom. The molecule has 0 aliphatic carbocycles. The number of hydrogen-bond acceptors (Lipinski definition) is 3. The SMILES string of the molecule is CCN(CC)CCOc1ccc(C(C)N)c(Cl)c1. The Hall–Kier alpha value is -0.770. The molecule has 0 saturated heterocycles. The normalized spacial score (nSPS) is 12.8. The lowest BCUT2D eigenvalue weighted by Crippen LogP contribution is -2.27. The van der Waals surface area contributed by atoms with Crippen LogP contribution in [-0.2, 0) is 0 Å². The van der Waals surface area contributed by atoms with E-state index in [4.69, 9.17) is 22.1 Å². The molecule has 0 aliphatic rings. The van der Waals surface area contributed by atoms with Crippen molar-refractivity contribution in [3.05, 3.63) is 28.8 Å². The van der Waals surface area contributed by atoms with Crippen LogP contribution in [0.1, 0.15) is 32.4 Å². The second-order valence-corrected chi connectivity index (χ2v) is 4.75. The zero-order valence-electron chi connectivity index (χ0n) is 11.4. The zero-order valence-corrected chi connectivity index (χ0v) is 12.2. The van der Waals surface area contributed by atoms with Gasteiger partial charge in [0, 0.05) is 17.6 Å². The van der Waals surface area contributed by atoms with Crippen LogP contribution in [0.5, 0.6) is 5.75 Å². The molecular formula is C14H23ClN2O. The summed E-state index contributed by atoms with van der Waals surface area (Å²) >= 11 is 6.15. The van der Waals surface area contributed by atoms with Gasteiger partial charge in [0.1, 0.15) is 12.4 Å². The lowest BCUT2D eigenvalue weighted by atomic mass is 10.1. The van der Waals surface area contributed by atoms with E-state index < -0.39 is 0 Å². The number of benzene rings is 1. The first-order valence-corrected chi connectivity index (χ1v) is 6.86. The third kappa shape index (κ3) is 4.48. The Balaban J connectivity index is 2.51. The van der Waals surface area contributed by atoms with Crippen molar-refractivity contribution < 1.29 is 4.74 Å². The van der Waals surface area contributed by atoms with E-state index in [0.29, 0.717) is 11.6 Å². The molecule has 1 rings (SSSR count). The number of nitrogens with two attached hydrogens (primary N) is 1. The van der Waals surface area contributed by atoms with Crippen LogP contribution in [0, 0.1) is 0 Å². The van der Waals surface area contributed by atoms with Crippen molar-refractivity contribution in [2.24, 2.45) is 5.73 Å². The van der Waals surface area contributed by atoms with Crippen LogP contribution < -0.4 is 10.5 Å². The molecule has 0 aliphatic heterocycles. The Bertz CT molecular complexity index is 365. The van der Waals surface area contributed by atoms with E-state index in [2.05, 4.69) is 18.7 Å². The fourth-order valence-corrected chi connectivity index (χ4v) is 2.14. The van der Waals surface area contributed by atoms with Crippen molar-refractivity contribution in [1.82, 2.24) is 4.90 Å². The molecule has 2 N–H and O–H groups in total. The number of halogens is 1. The highest BCUT2D eigenvalue weighted by molar-refractivity contribution is 6.31. The molecule has 0 aromatic heterocycles. The topological polar surface area (TPSA) is 38.5 Å². The largest absolute Gasteiger partial charge is 0.492 e. The Labute approximate surface area is 115 Å². The van der Waals surface area contributed by atoms with E-state index in [1.165, 1.54) is 0 Å². The molecule has 0 amide bonds. The van der Waals surface area contributed by atoms with Gasteiger partial charge >= 0.3 is 0 Å². The highest BCUT2D eigenvalue weighted by atomic mass is 35.5. The van der Waals surface area contributed by atoms with Gasteiger partial charge in [-0.05, 0) is 37.7 Å². The molecule has 0 heterocycles. The van der Waals surface area contributed by atoms with Crippen molar-refractivity contribution in [3.8, 4) is 5.75 Å². The maximum absolute atomic E-state index is 6.15. The average Bonchev–Trinajstić information content (AvgIpc) is 2.34. The molecule has 0 spiro atoms. The Morgan fingerprint density at radius 3 is 2.50 bits per heavy atom. The first-order chi connectivity index (χ1) is 8.58. The van der Waals surface area contributed by atoms with Crippen LogP contribution in [0.4, 0.5) is 0 Å². The first-order valence-electron chi connectivity index (χ1n) is 6.48. The molecule has 18 heavy (non-hydrogen) atoms. The number of ether oxygens (including phenoxy) is 1.